The Morgan fingerprint density at radius 3 is 2.52 bits per heavy atom. The van der Waals surface area contributed by atoms with Gasteiger partial charge in [0, 0.05) is 18.3 Å². The van der Waals surface area contributed by atoms with Gasteiger partial charge in [0.1, 0.15) is 11.5 Å². The number of carbonyl (C=O) groups excluding carboxylic acids is 1. The van der Waals surface area contributed by atoms with E-state index in [9.17, 15) is 22.4 Å². The van der Waals surface area contributed by atoms with Crippen LogP contribution in [-0.4, -0.2) is 48.6 Å². The summed E-state index contributed by atoms with van der Waals surface area (Å²) in [5.74, 6) is -1.67. The highest BCUT2D eigenvalue weighted by atomic mass is 19.3. The molecule has 1 heterocycles. The summed E-state index contributed by atoms with van der Waals surface area (Å²) in [5.41, 5.74) is 4.29. The number of aromatic nitrogens is 2. The topological polar surface area (TPSA) is 112 Å². The third kappa shape index (κ3) is 5.53. The average molecular weight is 415 g/mol. The minimum Gasteiger partial charge on any atom is -0.480 e. The van der Waals surface area contributed by atoms with Crippen LogP contribution in [0.5, 0.6) is 5.88 Å². The number of alkyl halides is 3. The van der Waals surface area contributed by atoms with Gasteiger partial charge >= 0.3 is 0 Å². The Labute approximate surface area is 162 Å². The monoisotopic (exact) mass is 415 g/mol. The van der Waals surface area contributed by atoms with Crippen molar-refractivity contribution in [1.82, 2.24) is 9.97 Å². The molecule has 0 saturated carbocycles. The molecule has 1 aromatic carbocycles. The Bertz CT molecular complexity index is 880. The molecule has 1 amide bonds. The molecule has 1 aromatic heterocycles. The molecule has 0 unspecified atom stereocenters. The second kappa shape index (κ2) is 9.66. The summed E-state index contributed by atoms with van der Waals surface area (Å²) in [6.07, 6.45) is -5.98. The van der Waals surface area contributed by atoms with Crippen molar-refractivity contribution >= 4 is 17.6 Å². The van der Waals surface area contributed by atoms with Gasteiger partial charge in [-0.2, -0.15) is 0 Å². The van der Waals surface area contributed by atoms with Crippen LogP contribution in [0.15, 0.2) is 35.6 Å². The van der Waals surface area contributed by atoms with Crippen LogP contribution in [-0.2, 0) is 4.74 Å². The first-order valence-electron chi connectivity index (χ1n) is 8.04. The van der Waals surface area contributed by atoms with Gasteiger partial charge in [-0.15, -0.1) is 0 Å². The number of anilines is 1. The summed E-state index contributed by atoms with van der Waals surface area (Å²) < 4.78 is 64.4. The van der Waals surface area contributed by atoms with Gasteiger partial charge in [0.2, 0.25) is 5.88 Å². The van der Waals surface area contributed by atoms with Crippen LogP contribution < -0.4 is 15.8 Å². The standard InChI is InChI=1S/C17H17F4N5O3/c1-23-17(22)29-14(15(20)21)13(19)9-5-8(3-4-10(9)18)26-16(27)11-6-25-12(28-2)7-24-11/h3-7,13-15H,1-2H3,(H2,22,23)(H,26,27)/t13-,14+/m1/s1. The number of carbonyl (C=O) groups is 1. The molecule has 0 aliphatic carbocycles. The predicted octanol–water partition coefficient (Wildman–Crippen LogP) is 2.48. The molecule has 2 atom stereocenters. The number of methoxy groups -OCH3 is 1. The van der Waals surface area contributed by atoms with E-state index in [1.165, 1.54) is 13.3 Å². The number of aliphatic imine (C=N–C) groups is 1. The lowest BCUT2D eigenvalue weighted by molar-refractivity contribution is -0.0425. The molecular formula is C17H17F4N5O3. The number of hydrogen-bond donors (Lipinski definition) is 2. The zero-order valence-electron chi connectivity index (χ0n) is 15.3. The van der Waals surface area contributed by atoms with E-state index in [4.69, 9.17) is 10.5 Å². The summed E-state index contributed by atoms with van der Waals surface area (Å²) in [6.45, 7) is 0. The van der Waals surface area contributed by atoms with E-state index in [1.807, 2.05) is 0 Å². The number of ether oxygens (including phenoxy) is 2. The maximum atomic E-state index is 14.6. The van der Waals surface area contributed by atoms with E-state index < -0.39 is 42.0 Å². The van der Waals surface area contributed by atoms with Crippen molar-refractivity contribution in [3.8, 4) is 5.88 Å². The van der Waals surface area contributed by atoms with Gasteiger partial charge in [-0.05, 0) is 18.2 Å². The number of hydrogen-bond acceptors (Lipinski definition) is 6. The van der Waals surface area contributed by atoms with Crippen LogP contribution in [0.2, 0.25) is 0 Å². The lowest BCUT2D eigenvalue weighted by Crippen LogP contribution is -2.33. The quantitative estimate of drug-likeness (QED) is 0.408. The van der Waals surface area contributed by atoms with Gasteiger partial charge in [0.05, 0.1) is 19.5 Å². The lowest BCUT2D eigenvalue weighted by atomic mass is 10.0. The first-order chi connectivity index (χ1) is 13.8. The fraction of sp³-hybridized carbons (Fsp3) is 0.294. The van der Waals surface area contributed by atoms with Crippen LogP contribution in [0, 0.1) is 5.82 Å². The number of rotatable bonds is 7. The van der Waals surface area contributed by atoms with Gasteiger partial charge in [0.15, 0.2) is 12.3 Å². The highest BCUT2D eigenvalue weighted by Crippen LogP contribution is 2.31. The summed E-state index contributed by atoms with van der Waals surface area (Å²) in [5, 5.41) is 2.35. The maximum absolute atomic E-state index is 14.6. The molecule has 0 fully saturated rings. The minimum atomic E-state index is -3.32. The first kappa shape index (κ1) is 21.9. The van der Waals surface area contributed by atoms with Crippen molar-refractivity contribution in [3.63, 3.8) is 0 Å². The van der Waals surface area contributed by atoms with E-state index in [-0.39, 0.29) is 17.3 Å². The van der Waals surface area contributed by atoms with E-state index in [0.29, 0.717) is 0 Å². The van der Waals surface area contributed by atoms with Gasteiger partial charge in [0.25, 0.3) is 18.4 Å². The molecule has 0 bridgehead atoms. The molecule has 3 N–H and O–H groups in total. The Morgan fingerprint density at radius 1 is 1.24 bits per heavy atom. The average Bonchev–Trinajstić information content (AvgIpc) is 2.72. The molecule has 12 heteroatoms. The molecule has 0 saturated heterocycles. The number of nitrogens with one attached hydrogen (secondary N) is 1. The smallest absolute Gasteiger partial charge is 0.282 e. The molecule has 0 aliphatic rings. The molecule has 156 valence electrons. The van der Waals surface area contributed by atoms with E-state index in [2.05, 4.69) is 25.0 Å². The summed E-state index contributed by atoms with van der Waals surface area (Å²) in [4.78, 5) is 23.1. The van der Waals surface area contributed by atoms with Crippen molar-refractivity contribution in [1.29, 1.82) is 0 Å². The molecule has 2 aromatic rings. The SMILES string of the molecule is CN=C(N)O[C@H](C(F)F)[C@H](F)c1cc(NC(=O)c2cnc(OC)cn2)ccc1F. The van der Waals surface area contributed by atoms with Crippen molar-refractivity contribution in [2.45, 2.75) is 18.7 Å². The molecule has 29 heavy (non-hydrogen) atoms. The Morgan fingerprint density at radius 2 is 1.97 bits per heavy atom. The van der Waals surface area contributed by atoms with Crippen molar-refractivity contribution in [2.75, 3.05) is 19.5 Å². The van der Waals surface area contributed by atoms with Crippen molar-refractivity contribution in [3.05, 3.63) is 47.7 Å². The fourth-order valence-corrected chi connectivity index (χ4v) is 2.17. The molecular weight excluding hydrogens is 398 g/mol. The highest BCUT2D eigenvalue weighted by Gasteiger charge is 2.35. The zero-order chi connectivity index (χ0) is 21.6. The number of amides is 1. The summed E-state index contributed by atoms with van der Waals surface area (Å²) >= 11 is 0. The van der Waals surface area contributed by atoms with E-state index in [0.717, 1.165) is 31.4 Å². The van der Waals surface area contributed by atoms with Gasteiger partial charge in [-0.1, -0.05) is 0 Å². The maximum Gasteiger partial charge on any atom is 0.282 e. The van der Waals surface area contributed by atoms with Gasteiger partial charge < -0.3 is 20.5 Å². The number of amidine groups is 1. The van der Waals surface area contributed by atoms with Crippen LogP contribution >= 0.6 is 0 Å². The number of nitrogens with zero attached hydrogens (tertiary/aromatic N) is 3. The van der Waals surface area contributed by atoms with Crippen molar-refractivity contribution in [2.24, 2.45) is 10.7 Å². The van der Waals surface area contributed by atoms with E-state index >= 15 is 0 Å². The van der Waals surface area contributed by atoms with Crippen LogP contribution in [0.4, 0.5) is 23.2 Å². The largest absolute Gasteiger partial charge is 0.480 e. The molecule has 8 nitrogen and oxygen atoms in total. The fourth-order valence-electron chi connectivity index (χ4n) is 2.17. The van der Waals surface area contributed by atoms with Crippen LogP contribution in [0.1, 0.15) is 22.2 Å². The number of nitrogens with two attached hydrogens (primary N) is 1. The molecule has 2 rings (SSSR count). The van der Waals surface area contributed by atoms with Crippen molar-refractivity contribution < 1.29 is 31.8 Å². The first-order valence-corrected chi connectivity index (χ1v) is 8.04. The van der Waals surface area contributed by atoms with Crippen LogP contribution in [0.25, 0.3) is 0 Å². The second-order valence-corrected chi connectivity index (χ2v) is 5.51. The number of benzene rings is 1. The zero-order valence-corrected chi connectivity index (χ0v) is 15.3. The molecule has 0 aliphatic heterocycles. The van der Waals surface area contributed by atoms with E-state index in [1.54, 1.807) is 0 Å². The lowest BCUT2D eigenvalue weighted by Gasteiger charge is -2.22. The highest BCUT2D eigenvalue weighted by molar-refractivity contribution is 6.02. The summed E-state index contributed by atoms with van der Waals surface area (Å²) in [7, 11) is 2.53. The normalized spacial score (nSPS) is 13.7. The molecule has 0 radical (unpaired) electrons. The minimum absolute atomic E-state index is 0.0585. The predicted molar refractivity (Wildman–Crippen MR) is 95.2 cm³/mol. The van der Waals surface area contributed by atoms with Gasteiger partial charge in [-0.3, -0.25) is 4.79 Å². The molecule has 0 spiro atoms. The Balaban J connectivity index is 2.24. The Hall–Kier alpha value is -3.44. The van der Waals surface area contributed by atoms with Gasteiger partial charge in [-0.25, -0.2) is 32.5 Å². The third-order valence-electron chi connectivity index (χ3n) is 3.63. The Kier molecular flexibility index (Phi) is 7.28. The second-order valence-electron chi connectivity index (χ2n) is 5.51. The van der Waals surface area contributed by atoms with Crippen LogP contribution in [0.3, 0.4) is 0 Å². The summed E-state index contributed by atoms with van der Waals surface area (Å²) in [6, 6.07) is 2.13. The number of halogens is 4. The third-order valence-corrected chi connectivity index (χ3v) is 3.63.